The maximum Gasteiger partial charge on any atom is 0.148 e. The molecule has 0 fully saturated rings. The van der Waals surface area contributed by atoms with E-state index in [1.807, 2.05) is 35.0 Å². The second-order valence-electron chi connectivity index (χ2n) is 7.63. The van der Waals surface area contributed by atoms with Crippen LogP contribution in [-0.2, 0) is 0 Å². The molecular formula is C21H21ClN6. The van der Waals surface area contributed by atoms with Gasteiger partial charge in [0.1, 0.15) is 22.6 Å². The number of fused-ring (bicyclic) bond motifs is 1. The Hall–Kier alpha value is -3.17. The molecule has 0 aliphatic carbocycles. The predicted molar refractivity (Wildman–Crippen MR) is 112 cm³/mol. The van der Waals surface area contributed by atoms with Gasteiger partial charge in [0.2, 0.25) is 0 Å². The highest BCUT2D eigenvalue weighted by Gasteiger charge is 2.14. The Morgan fingerprint density at radius 1 is 1.32 bits per heavy atom. The minimum absolute atomic E-state index is 0.111. The topological polar surface area (TPSA) is 89.9 Å². The number of nitrogens with zero attached hydrogens (tertiary/aromatic N) is 4. The van der Waals surface area contributed by atoms with Crippen molar-refractivity contribution in [2.75, 3.05) is 6.54 Å². The van der Waals surface area contributed by atoms with Gasteiger partial charge in [-0.05, 0) is 29.7 Å². The van der Waals surface area contributed by atoms with Crippen molar-refractivity contribution < 1.29 is 0 Å². The van der Waals surface area contributed by atoms with E-state index in [0.29, 0.717) is 27.8 Å². The molecule has 0 amide bonds. The summed E-state index contributed by atoms with van der Waals surface area (Å²) >= 11 is 5.99. The summed E-state index contributed by atoms with van der Waals surface area (Å²) in [6.45, 7) is 7.18. The van der Waals surface area contributed by atoms with E-state index in [0.717, 1.165) is 17.7 Å². The standard InChI is InChI=1S/C21H21ClN6/c1-21(2,3)13-25-11-15(9-23)17-5-4-16(10-24)26-20(17)14-6-7-28-12-18(22)27-19(28)8-14/h4-9,11-12,23,25H,13H2,1-3H3/b15-11+,23-9?. The average Bonchev–Trinajstić information content (AvgIpc) is 3.03. The highest BCUT2D eigenvalue weighted by atomic mass is 35.5. The number of nitrogens with one attached hydrogen (secondary N) is 2. The van der Waals surface area contributed by atoms with Crippen molar-refractivity contribution in [2.24, 2.45) is 5.41 Å². The van der Waals surface area contributed by atoms with E-state index in [2.05, 4.69) is 42.1 Å². The molecule has 0 aliphatic heterocycles. The van der Waals surface area contributed by atoms with E-state index in [-0.39, 0.29) is 5.41 Å². The summed E-state index contributed by atoms with van der Waals surface area (Å²) in [5.74, 6) is 0. The molecule has 0 saturated heterocycles. The molecule has 0 bridgehead atoms. The molecule has 7 heteroatoms. The molecule has 0 unspecified atom stereocenters. The number of halogens is 1. The molecule has 3 aromatic rings. The first-order valence-corrected chi connectivity index (χ1v) is 9.19. The Morgan fingerprint density at radius 3 is 2.79 bits per heavy atom. The van der Waals surface area contributed by atoms with Gasteiger partial charge in [-0.3, -0.25) is 0 Å². The fourth-order valence-electron chi connectivity index (χ4n) is 2.74. The van der Waals surface area contributed by atoms with Crippen LogP contribution >= 0.6 is 11.6 Å². The van der Waals surface area contributed by atoms with Gasteiger partial charge in [0.15, 0.2) is 0 Å². The van der Waals surface area contributed by atoms with Crippen molar-refractivity contribution in [2.45, 2.75) is 20.8 Å². The predicted octanol–water partition coefficient (Wildman–Crippen LogP) is 4.55. The van der Waals surface area contributed by atoms with Crippen molar-refractivity contribution in [3.05, 3.63) is 59.3 Å². The van der Waals surface area contributed by atoms with E-state index >= 15 is 0 Å². The highest BCUT2D eigenvalue weighted by molar-refractivity contribution is 6.29. The lowest BCUT2D eigenvalue weighted by atomic mass is 9.97. The molecular weight excluding hydrogens is 372 g/mol. The van der Waals surface area contributed by atoms with Crippen LogP contribution < -0.4 is 5.32 Å². The lowest BCUT2D eigenvalue weighted by Gasteiger charge is -2.18. The smallest absolute Gasteiger partial charge is 0.148 e. The summed E-state index contributed by atoms with van der Waals surface area (Å²) in [7, 11) is 0. The molecule has 3 rings (SSSR count). The van der Waals surface area contributed by atoms with E-state index in [4.69, 9.17) is 17.0 Å². The van der Waals surface area contributed by atoms with Gasteiger partial charge >= 0.3 is 0 Å². The van der Waals surface area contributed by atoms with Crippen LogP contribution in [0.3, 0.4) is 0 Å². The van der Waals surface area contributed by atoms with E-state index in [9.17, 15) is 5.26 Å². The van der Waals surface area contributed by atoms with Crippen molar-refractivity contribution >= 4 is 29.0 Å². The average molecular weight is 393 g/mol. The molecule has 2 N–H and O–H groups in total. The van der Waals surface area contributed by atoms with Gasteiger partial charge in [-0.2, -0.15) is 5.26 Å². The maximum absolute atomic E-state index is 9.28. The van der Waals surface area contributed by atoms with E-state index < -0.39 is 0 Å². The summed E-state index contributed by atoms with van der Waals surface area (Å²) in [6.07, 6.45) is 6.67. The highest BCUT2D eigenvalue weighted by Crippen LogP contribution is 2.28. The second-order valence-corrected chi connectivity index (χ2v) is 8.02. The van der Waals surface area contributed by atoms with Crippen molar-refractivity contribution in [1.82, 2.24) is 19.7 Å². The maximum atomic E-state index is 9.28. The third-order valence-corrected chi connectivity index (χ3v) is 4.25. The monoisotopic (exact) mass is 392 g/mol. The summed E-state index contributed by atoms with van der Waals surface area (Å²) in [5, 5.41) is 20.8. The molecule has 0 aromatic carbocycles. The SMILES string of the molecule is CC(C)(C)CN/C=C(\C=N)c1ccc(C#N)nc1-c1ccn2cc(Cl)nc2c1. The number of hydrogen-bond acceptors (Lipinski definition) is 5. The zero-order valence-corrected chi connectivity index (χ0v) is 16.7. The van der Waals surface area contributed by atoms with E-state index in [1.165, 1.54) is 6.21 Å². The Labute approximate surface area is 169 Å². The lowest BCUT2D eigenvalue weighted by Crippen LogP contribution is -2.23. The van der Waals surface area contributed by atoms with Crippen LogP contribution in [0.4, 0.5) is 0 Å². The summed E-state index contributed by atoms with van der Waals surface area (Å²) in [4.78, 5) is 8.77. The van der Waals surface area contributed by atoms with Gasteiger partial charge in [-0.15, -0.1) is 0 Å². The largest absolute Gasteiger partial charge is 0.390 e. The zero-order chi connectivity index (χ0) is 20.3. The molecule has 0 saturated carbocycles. The van der Waals surface area contributed by atoms with Crippen LogP contribution in [0.5, 0.6) is 0 Å². The Kier molecular flexibility index (Phi) is 5.48. The van der Waals surface area contributed by atoms with Crippen molar-refractivity contribution in [3.63, 3.8) is 0 Å². The molecule has 28 heavy (non-hydrogen) atoms. The minimum Gasteiger partial charge on any atom is -0.390 e. The number of hydrogen-bond donors (Lipinski definition) is 2. The number of pyridine rings is 2. The Balaban J connectivity index is 2.09. The van der Waals surface area contributed by atoms with Crippen LogP contribution in [0.2, 0.25) is 5.15 Å². The normalized spacial score (nSPS) is 12.0. The van der Waals surface area contributed by atoms with Crippen LogP contribution in [0.25, 0.3) is 22.5 Å². The Bertz CT molecular complexity index is 1100. The van der Waals surface area contributed by atoms with Gasteiger partial charge in [-0.1, -0.05) is 32.4 Å². The summed E-state index contributed by atoms with van der Waals surface area (Å²) < 4.78 is 1.82. The fraction of sp³-hybridized carbons (Fsp3) is 0.238. The molecule has 0 atom stereocenters. The summed E-state index contributed by atoms with van der Waals surface area (Å²) in [5.41, 5.74) is 3.96. The van der Waals surface area contributed by atoms with Crippen molar-refractivity contribution in [3.8, 4) is 17.3 Å². The summed E-state index contributed by atoms with van der Waals surface area (Å²) in [6, 6.07) is 9.31. The number of aromatic nitrogens is 3. The van der Waals surface area contributed by atoms with Crippen LogP contribution in [0.1, 0.15) is 32.0 Å². The number of imidazole rings is 1. The fourth-order valence-corrected chi connectivity index (χ4v) is 2.93. The van der Waals surface area contributed by atoms with Crippen LogP contribution in [-0.4, -0.2) is 27.1 Å². The minimum atomic E-state index is 0.111. The third-order valence-electron chi connectivity index (χ3n) is 4.07. The van der Waals surface area contributed by atoms with Gasteiger partial charge in [0.05, 0.1) is 5.69 Å². The number of nitriles is 1. The zero-order valence-electron chi connectivity index (χ0n) is 16.0. The van der Waals surface area contributed by atoms with Gasteiger partial charge in [0.25, 0.3) is 0 Å². The molecule has 142 valence electrons. The number of rotatable bonds is 5. The molecule has 0 aliphatic rings. The quantitative estimate of drug-likeness (QED) is 0.623. The number of allylic oxidation sites excluding steroid dienone is 1. The Morgan fingerprint density at radius 2 is 2.11 bits per heavy atom. The molecule has 0 radical (unpaired) electrons. The van der Waals surface area contributed by atoms with Gasteiger partial charge in [0, 0.05) is 48.1 Å². The first-order chi connectivity index (χ1) is 13.3. The lowest BCUT2D eigenvalue weighted by molar-refractivity contribution is 0.403. The molecule has 3 aromatic heterocycles. The van der Waals surface area contributed by atoms with Crippen molar-refractivity contribution in [1.29, 1.82) is 10.7 Å². The van der Waals surface area contributed by atoms with Crippen LogP contribution in [0, 0.1) is 22.2 Å². The molecule has 3 heterocycles. The van der Waals surface area contributed by atoms with Crippen LogP contribution in [0.15, 0.2) is 42.9 Å². The third kappa shape index (κ3) is 4.38. The van der Waals surface area contributed by atoms with Gasteiger partial charge < -0.3 is 15.1 Å². The van der Waals surface area contributed by atoms with Gasteiger partial charge in [-0.25, -0.2) is 9.97 Å². The molecule has 6 nitrogen and oxygen atoms in total. The molecule has 0 spiro atoms. The first kappa shape index (κ1) is 19.6. The second kappa shape index (κ2) is 7.83. The van der Waals surface area contributed by atoms with E-state index in [1.54, 1.807) is 12.3 Å². The first-order valence-electron chi connectivity index (χ1n) is 8.81.